The van der Waals surface area contributed by atoms with Crippen LogP contribution in [0.2, 0.25) is 5.02 Å². The Hall–Kier alpha value is -1.57. The molecule has 0 radical (unpaired) electrons. The van der Waals surface area contributed by atoms with Crippen LogP contribution in [0.25, 0.3) is 0 Å². The summed E-state index contributed by atoms with van der Waals surface area (Å²) in [6.45, 7) is 3.82. The van der Waals surface area contributed by atoms with Crippen molar-refractivity contribution in [2.24, 2.45) is 0 Å². The average molecular weight is 400 g/mol. The molecule has 0 amide bonds. The van der Waals surface area contributed by atoms with Gasteiger partial charge < -0.3 is 15.0 Å². The van der Waals surface area contributed by atoms with E-state index >= 15 is 0 Å². The van der Waals surface area contributed by atoms with Crippen molar-refractivity contribution in [1.29, 1.82) is 0 Å². The fourth-order valence-electron chi connectivity index (χ4n) is 2.65. The first kappa shape index (κ1) is 16.3. The van der Waals surface area contributed by atoms with Crippen molar-refractivity contribution in [3.63, 3.8) is 0 Å². The van der Waals surface area contributed by atoms with Crippen molar-refractivity contribution < 1.29 is 5.11 Å². The molecule has 0 aliphatic carbocycles. The van der Waals surface area contributed by atoms with Crippen LogP contribution in [0.5, 0.6) is 5.75 Å². The number of piperazine rings is 1. The molecule has 1 aliphatic rings. The van der Waals surface area contributed by atoms with Crippen molar-refractivity contribution in [3.05, 3.63) is 49.9 Å². The monoisotopic (exact) mass is 398 g/mol. The highest BCUT2D eigenvalue weighted by molar-refractivity contribution is 9.10. The van der Waals surface area contributed by atoms with Gasteiger partial charge in [0.05, 0.1) is 10.8 Å². The van der Waals surface area contributed by atoms with E-state index in [1.54, 1.807) is 12.1 Å². The van der Waals surface area contributed by atoms with Crippen molar-refractivity contribution in [2.75, 3.05) is 31.1 Å². The zero-order valence-corrected chi connectivity index (χ0v) is 14.6. The van der Waals surface area contributed by atoms with Crippen LogP contribution < -0.4 is 10.5 Å². The lowest BCUT2D eigenvalue weighted by molar-refractivity contribution is 0.246. The largest absolute Gasteiger partial charge is 0.506 e. The number of aromatic amines is 1. The first-order chi connectivity index (χ1) is 11.0. The number of halogens is 2. The molecule has 2 heterocycles. The van der Waals surface area contributed by atoms with Crippen LogP contribution in [0.4, 0.5) is 5.82 Å². The van der Waals surface area contributed by atoms with Gasteiger partial charge in [-0.15, -0.1) is 0 Å². The maximum atomic E-state index is 11.4. The number of anilines is 1. The van der Waals surface area contributed by atoms with Gasteiger partial charge in [0.25, 0.3) is 5.56 Å². The molecule has 0 atom stereocenters. The third-order valence-electron chi connectivity index (χ3n) is 3.86. The van der Waals surface area contributed by atoms with E-state index in [-0.39, 0.29) is 11.3 Å². The van der Waals surface area contributed by atoms with Crippen LogP contribution >= 0.6 is 27.5 Å². The fraction of sp³-hybridized carbons (Fsp3) is 0.333. The maximum Gasteiger partial charge on any atom is 0.252 e. The number of H-pyrrole nitrogens is 1. The highest BCUT2D eigenvalue weighted by Crippen LogP contribution is 2.32. The summed E-state index contributed by atoms with van der Waals surface area (Å²) in [5, 5.41) is 10.7. The Morgan fingerprint density at radius 3 is 2.70 bits per heavy atom. The molecule has 1 aliphatic heterocycles. The summed E-state index contributed by atoms with van der Waals surface area (Å²) < 4.78 is 0.603. The average Bonchev–Trinajstić information content (AvgIpc) is 2.53. The van der Waals surface area contributed by atoms with Gasteiger partial charge in [0.2, 0.25) is 0 Å². The summed E-state index contributed by atoms with van der Waals surface area (Å²) in [6, 6.07) is 4.97. The highest BCUT2D eigenvalue weighted by atomic mass is 79.9. The van der Waals surface area contributed by atoms with E-state index in [9.17, 15) is 9.90 Å². The molecule has 6 nitrogen and oxygen atoms in total. The molecule has 2 N–H and O–H groups in total. The molecule has 0 unspecified atom stereocenters. The van der Waals surface area contributed by atoms with E-state index < -0.39 is 0 Å². The SMILES string of the molecule is O=c1cc(N2CCN(Cc3cc(Cl)cc(Br)c3O)CC2)nc[nH]1. The van der Waals surface area contributed by atoms with Gasteiger partial charge in [0.15, 0.2) is 0 Å². The van der Waals surface area contributed by atoms with Crippen molar-refractivity contribution in [2.45, 2.75) is 6.54 Å². The summed E-state index contributed by atoms with van der Waals surface area (Å²) in [5.74, 6) is 0.926. The fourth-order valence-corrected chi connectivity index (χ4v) is 3.52. The molecule has 122 valence electrons. The Morgan fingerprint density at radius 1 is 1.26 bits per heavy atom. The lowest BCUT2D eigenvalue weighted by atomic mass is 10.1. The van der Waals surface area contributed by atoms with Crippen molar-refractivity contribution in [3.8, 4) is 5.75 Å². The summed E-state index contributed by atoms with van der Waals surface area (Å²) in [6.07, 6.45) is 1.42. The number of phenols is 1. The first-order valence-electron chi connectivity index (χ1n) is 7.22. The number of nitrogens with zero attached hydrogens (tertiary/aromatic N) is 3. The number of nitrogens with one attached hydrogen (secondary N) is 1. The molecule has 1 fully saturated rings. The predicted octanol–water partition coefficient (Wildman–Crippen LogP) is 2.21. The number of hydrogen-bond donors (Lipinski definition) is 2. The lowest BCUT2D eigenvalue weighted by Gasteiger charge is -2.35. The normalized spacial score (nSPS) is 15.8. The molecule has 0 saturated carbocycles. The third-order valence-corrected chi connectivity index (χ3v) is 4.68. The second-order valence-electron chi connectivity index (χ2n) is 5.43. The minimum absolute atomic E-state index is 0.147. The topological polar surface area (TPSA) is 72.5 Å². The van der Waals surface area contributed by atoms with Gasteiger partial charge in [-0.05, 0) is 28.1 Å². The minimum Gasteiger partial charge on any atom is -0.506 e. The molecule has 2 aromatic rings. The van der Waals surface area contributed by atoms with Gasteiger partial charge in [0, 0.05) is 49.4 Å². The zero-order valence-electron chi connectivity index (χ0n) is 12.3. The molecule has 1 saturated heterocycles. The second kappa shape index (κ2) is 6.90. The molecule has 1 aromatic heterocycles. The second-order valence-corrected chi connectivity index (χ2v) is 6.72. The molecular weight excluding hydrogens is 384 g/mol. The Kier molecular flexibility index (Phi) is 4.89. The number of aromatic nitrogens is 2. The van der Waals surface area contributed by atoms with Crippen LogP contribution in [0.3, 0.4) is 0 Å². The minimum atomic E-state index is -0.147. The van der Waals surface area contributed by atoms with E-state index in [2.05, 4.69) is 35.7 Å². The van der Waals surface area contributed by atoms with Crippen molar-refractivity contribution in [1.82, 2.24) is 14.9 Å². The molecule has 8 heteroatoms. The lowest BCUT2D eigenvalue weighted by Crippen LogP contribution is -2.46. The van der Waals surface area contributed by atoms with Crippen molar-refractivity contribution >= 4 is 33.3 Å². The molecule has 23 heavy (non-hydrogen) atoms. The Balaban J connectivity index is 1.65. The number of phenolic OH excluding ortho intramolecular Hbond substituents is 1. The summed E-state index contributed by atoms with van der Waals surface area (Å²) >= 11 is 9.36. The van der Waals surface area contributed by atoms with Gasteiger partial charge in [-0.25, -0.2) is 4.98 Å². The number of hydrogen-bond acceptors (Lipinski definition) is 5. The van der Waals surface area contributed by atoms with E-state index in [1.807, 2.05) is 0 Å². The smallest absolute Gasteiger partial charge is 0.252 e. The van der Waals surface area contributed by atoms with Crippen LogP contribution in [0.15, 0.2) is 33.8 Å². The molecule has 0 bridgehead atoms. The number of aromatic hydroxyl groups is 1. The van der Waals surface area contributed by atoms with E-state index in [0.717, 1.165) is 31.7 Å². The summed E-state index contributed by atoms with van der Waals surface area (Å²) in [7, 11) is 0. The molecule has 3 rings (SSSR count). The van der Waals surface area contributed by atoms with Crippen LogP contribution in [0, 0.1) is 0 Å². The van der Waals surface area contributed by atoms with Gasteiger partial charge in [0.1, 0.15) is 11.6 Å². The van der Waals surface area contributed by atoms with Crippen LogP contribution in [0.1, 0.15) is 5.56 Å². The van der Waals surface area contributed by atoms with Gasteiger partial charge >= 0.3 is 0 Å². The van der Waals surface area contributed by atoms with E-state index in [1.165, 1.54) is 12.4 Å². The highest BCUT2D eigenvalue weighted by Gasteiger charge is 2.20. The molecule has 0 spiro atoms. The molecular formula is C15H16BrClN4O2. The summed E-state index contributed by atoms with van der Waals surface area (Å²) in [5.41, 5.74) is 0.651. The molecule has 1 aromatic carbocycles. The van der Waals surface area contributed by atoms with E-state index in [0.29, 0.717) is 21.9 Å². The summed E-state index contributed by atoms with van der Waals surface area (Å²) in [4.78, 5) is 22.4. The van der Waals surface area contributed by atoms with Gasteiger partial charge in [-0.2, -0.15) is 0 Å². The number of rotatable bonds is 3. The van der Waals surface area contributed by atoms with Gasteiger partial charge in [-0.3, -0.25) is 9.69 Å². The first-order valence-corrected chi connectivity index (χ1v) is 8.39. The Bertz CT molecular complexity index is 759. The Labute approximate surface area is 146 Å². The standard InChI is InChI=1S/C15H16BrClN4O2/c16-12-6-11(17)5-10(15(12)23)8-20-1-3-21(4-2-20)13-7-14(22)19-9-18-13/h5-7,9,23H,1-4,8H2,(H,18,19,22). The quantitative estimate of drug-likeness (QED) is 0.828. The predicted molar refractivity (Wildman–Crippen MR) is 93.2 cm³/mol. The maximum absolute atomic E-state index is 11.4. The van der Waals surface area contributed by atoms with Gasteiger partial charge in [-0.1, -0.05) is 11.6 Å². The van der Waals surface area contributed by atoms with Crippen LogP contribution in [-0.2, 0) is 6.54 Å². The zero-order chi connectivity index (χ0) is 16.4. The third kappa shape index (κ3) is 3.85. The van der Waals surface area contributed by atoms with E-state index in [4.69, 9.17) is 11.6 Å². The van der Waals surface area contributed by atoms with Crippen LogP contribution in [-0.4, -0.2) is 46.2 Å². The number of benzene rings is 1. The Morgan fingerprint density at radius 2 is 2.00 bits per heavy atom.